The van der Waals surface area contributed by atoms with Crippen LogP contribution < -0.4 is 10.1 Å². The first-order valence-electron chi connectivity index (χ1n) is 8.41. The van der Waals surface area contributed by atoms with Crippen LogP contribution in [0.3, 0.4) is 0 Å². The zero-order valence-electron chi connectivity index (χ0n) is 15.4. The number of amides is 1. The number of halogens is 2. The number of benzene rings is 2. The summed E-state index contributed by atoms with van der Waals surface area (Å²) in [4.78, 5) is 12.0. The molecule has 0 bridgehead atoms. The molecular formula is C20H16Cl2N4O2S. The van der Waals surface area contributed by atoms with E-state index < -0.39 is 0 Å². The highest BCUT2D eigenvalue weighted by Crippen LogP contribution is 2.34. The van der Waals surface area contributed by atoms with Gasteiger partial charge < -0.3 is 10.1 Å². The van der Waals surface area contributed by atoms with Crippen molar-refractivity contribution >= 4 is 40.9 Å². The number of methoxy groups -OCH3 is 1. The van der Waals surface area contributed by atoms with Gasteiger partial charge in [0.1, 0.15) is 5.75 Å². The fourth-order valence-electron chi connectivity index (χ4n) is 2.56. The van der Waals surface area contributed by atoms with Crippen molar-refractivity contribution in [3.63, 3.8) is 0 Å². The van der Waals surface area contributed by atoms with Crippen LogP contribution in [0.4, 0.5) is 0 Å². The van der Waals surface area contributed by atoms with Gasteiger partial charge in [-0.05, 0) is 30.3 Å². The lowest BCUT2D eigenvalue weighted by atomic mass is 10.2. The minimum Gasteiger partial charge on any atom is -0.495 e. The summed E-state index contributed by atoms with van der Waals surface area (Å²) in [5.41, 5.74) is 1.40. The summed E-state index contributed by atoms with van der Waals surface area (Å²) in [5.74, 6) is 3.41. The summed E-state index contributed by atoms with van der Waals surface area (Å²) in [7, 11) is 1.57. The maximum absolute atomic E-state index is 12.0. The first-order chi connectivity index (χ1) is 14.0. The number of hydrogen-bond donors (Lipinski definition) is 1. The highest BCUT2D eigenvalue weighted by atomic mass is 35.5. The molecule has 148 valence electrons. The smallest absolute Gasteiger partial charge is 0.231 e. The molecule has 0 fully saturated rings. The Kier molecular flexibility index (Phi) is 7.04. The quantitative estimate of drug-likeness (QED) is 0.437. The number of carbonyl (C=O) groups excluding carboxylic acids is 1. The molecule has 0 saturated heterocycles. The predicted molar refractivity (Wildman–Crippen MR) is 116 cm³/mol. The van der Waals surface area contributed by atoms with E-state index >= 15 is 0 Å². The SMILES string of the molecule is C#CCNC(=O)CSc1nnc(-c2cccc(Cl)c2)n1-c1cc(Cl)ccc1OC. The van der Waals surface area contributed by atoms with Crippen LogP contribution >= 0.6 is 35.0 Å². The Morgan fingerprint density at radius 2 is 2.03 bits per heavy atom. The maximum atomic E-state index is 12.0. The van der Waals surface area contributed by atoms with Gasteiger partial charge in [-0.1, -0.05) is 53.0 Å². The fraction of sp³-hybridized carbons (Fsp3) is 0.150. The summed E-state index contributed by atoms with van der Waals surface area (Å²) < 4.78 is 7.29. The molecule has 0 aliphatic carbocycles. The average molecular weight is 447 g/mol. The zero-order valence-corrected chi connectivity index (χ0v) is 17.7. The van der Waals surface area contributed by atoms with Gasteiger partial charge >= 0.3 is 0 Å². The number of ether oxygens (including phenoxy) is 1. The number of terminal acetylenes is 1. The van der Waals surface area contributed by atoms with Crippen molar-refractivity contribution in [3.05, 3.63) is 52.5 Å². The summed E-state index contributed by atoms with van der Waals surface area (Å²) >= 11 is 13.6. The van der Waals surface area contributed by atoms with Crippen LogP contribution in [-0.2, 0) is 4.79 Å². The molecular weight excluding hydrogens is 431 g/mol. The van der Waals surface area contributed by atoms with Crippen molar-refractivity contribution in [2.45, 2.75) is 5.16 Å². The number of aromatic nitrogens is 3. The molecule has 3 aromatic rings. The van der Waals surface area contributed by atoms with E-state index in [1.165, 1.54) is 11.8 Å². The molecule has 0 atom stereocenters. The monoisotopic (exact) mass is 446 g/mol. The fourth-order valence-corrected chi connectivity index (χ4v) is 3.70. The molecule has 1 N–H and O–H groups in total. The van der Waals surface area contributed by atoms with Crippen LogP contribution in [0.1, 0.15) is 0 Å². The van der Waals surface area contributed by atoms with Crippen LogP contribution in [0.15, 0.2) is 47.6 Å². The highest BCUT2D eigenvalue weighted by Gasteiger charge is 2.20. The Morgan fingerprint density at radius 3 is 2.76 bits per heavy atom. The molecule has 1 heterocycles. The van der Waals surface area contributed by atoms with Gasteiger partial charge in [0.15, 0.2) is 11.0 Å². The largest absolute Gasteiger partial charge is 0.495 e. The Labute approximate surface area is 182 Å². The molecule has 0 radical (unpaired) electrons. The van der Waals surface area contributed by atoms with Crippen molar-refractivity contribution in [2.75, 3.05) is 19.4 Å². The van der Waals surface area contributed by atoms with E-state index in [9.17, 15) is 4.79 Å². The summed E-state index contributed by atoms with van der Waals surface area (Å²) in [6.07, 6.45) is 5.18. The van der Waals surface area contributed by atoms with Crippen molar-refractivity contribution in [1.82, 2.24) is 20.1 Å². The Hall–Kier alpha value is -2.66. The Balaban J connectivity index is 2.07. The summed E-state index contributed by atoms with van der Waals surface area (Å²) in [6, 6.07) is 12.5. The van der Waals surface area contributed by atoms with E-state index in [0.29, 0.717) is 32.5 Å². The molecule has 2 aromatic carbocycles. The third-order valence-electron chi connectivity index (χ3n) is 3.82. The normalized spacial score (nSPS) is 10.4. The van der Waals surface area contributed by atoms with Gasteiger partial charge in [-0.15, -0.1) is 16.6 Å². The van der Waals surface area contributed by atoms with E-state index in [1.807, 2.05) is 12.1 Å². The van der Waals surface area contributed by atoms with Gasteiger partial charge in [-0.25, -0.2) is 0 Å². The molecule has 1 aromatic heterocycles. The van der Waals surface area contributed by atoms with Crippen molar-refractivity contribution < 1.29 is 9.53 Å². The predicted octanol–water partition coefficient (Wildman–Crippen LogP) is 4.09. The number of thioether (sulfide) groups is 1. The molecule has 0 spiro atoms. The van der Waals surface area contributed by atoms with Crippen molar-refractivity contribution in [3.8, 4) is 35.2 Å². The molecule has 29 heavy (non-hydrogen) atoms. The Morgan fingerprint density at radius 1 is 1.24 bits per heavy atom. The van der Waals surface area contributed by atoms with E-state index in [1.54, 1.807) is 42.0 Å². The zero-order chi connectivity index (χ0) is 20.8. The average Bonchev–Trinajstić information content (AvgIpc) is 3.14. The number of carbonyl (C=O) groups is 1. The van der Waals surface area contributed by atoms with Crippen LogP contribution in [-0.4, -0.2) is 40.1 Å². The van der Waals surface area contributed by atoms with E-state index in [0.717, 1.165) is 5.56 Å². The molecule has 1 amide bonds. The summed E-state index contributed by atoms with van der Waals surface area (Å²) in [5, 5.41) is 12.8. The van der Waals surface area contributed by atoms with Crippen LogP contribution in [0, 0.1) is 12.3 Å². The van der Waals surface area contributed by atoms with Crippen LogP contribution in [0.5, 0.6) is 5.75 Å². The lowest BCUT2D eigenvalue weighted by molar-refractivity contribution is -0.118. The summed E-state index contributed by atoms with van der Waals surface area (Å²) in [6.45, 7) is 0.169. The number of rotatable bonds is 7. The third kappa shape index (κ3) is 5.04. The minimum absolute atomic E-state index is 0.123. The first-order valence-corrected chi connectivity index (χ1v) is 10.2. The lowest BCUT2D eigenvalue weighted by Crippen LogP contribution is -2.25. The lowest BCUT2D eigenvalue weighted by Gasteiger charge is -2.14. The van der Waals surface area contributed by atoms with Crippen molar-refractivity contribution in [2.24, 2.45) is 0 Å². The first kappa shape index (κ1) is 21.1. The standard InChI is InChI=1S/C20H16Cl2N4O2S/c1-3-9-23-18(27)12-29-20-25-24-19(13-5-4-6-14(21)10-13)26(20)16-11-15(22)7-8-17(16)28-2/h1,4-8,10-11H,9,12H2,2H3,(H,23,27). The molecule has 0 saturated carbocycles. The second-order valence-electron chi connectivity index (χ2n) is 5.74. The van der Waals surface area contributed by atoms with Gasteiger partial charge in [0.25, 0.3) is 0 Å². The van der Waals surface area contributed by atoms with Crippen LogP contribution in [0.2, 0.25) is 10.0 Å². The van der Waals surface area contributed by atoms with Crippen molar-refractivity contribution in [1.29, 1.82) is 0 Å². The number of hydrogen-bond acceptors (Lipinski definition) is 5. The van der Waals surface area contributed by atoms with E-state index in [-0.39, 0.29) is 18.2 Å². The number of nitrogens with one attached hydrogen (secondary N) is 1. The van der Waals surface area contributed by atoms with Gasteiger partial charge in [-0.3, -0.25) is 9.36 Å². The highest BCUT2D eigenvalue weighted by molar-refractivity contribution is 7.99. The van der Waals surface area contributed by atoms with Gasteiger partial charge in [0.05, 0.1) is 25.1 Å². The van der Waals surface area contributed by atoms with Crippen LogP contribution in [0.25, 0.3) is 17.1 Å². The Bertz CT molecular complexity index is 1080. The minimum atomic E-state index is -0.204. The number of nitrogens with zero attached hydrogens (tertiary/aromatic N) is 3. The second kappa shape index (κ2) is 9.70. The molecule has 0 aliphatic heterocycles. The molecule has 3 rings (SSSR count). The second-order valence-corrected chi connectivity index (χ2v) is 7.55. The molecule has 6 nitrogen and oxygen atoms in total. The molecule has 0 aliphatic rings. The molecule has 9 heteroatoms. The molecule has 0 unspecified atom stereocenters. The maximum Gasteiger partial charge on any atom is 0.231 e. The van der Waals surface area contributed by atoms with E-state index in [2.05, 4.69) is 21.4 Å². The van der Waals surface area contributed by atoms with Gasteiger partial charge in [0, 0.05) is 15.6 Å². The van der Waals surface area contributed by atoms with Gasteiger partial charge in [-0.2, -0.15) is 0 Å². The van der Waals surface area contributed by atoms with Gasteiger partial charge in [0.2, 0.25) is 5.91 Å². The third-order valence-corrected chi connectivity index (χ3v) is 5.22. The topological polar surface area (TPSA) is 69.0 Å². The van der Waals surface area contributed by atoms with E-state index in [4.69, 9.17) is 34.4 Å².